The Balaban J connectivity index is 1.69. The largest absolute Gasteiger partial charge is 0.490 e. The first kappa shape index (κ1) is 27.7. The lowest BCUT2D eigenvalue weighted by molar-refractivity contribution is -0.137. The van der Waals surface area contributed by atoms with Crippen LogP contribution in [0.2, 0.25) is 0 Å². The summed E-state index contributed by atoms with van der Waals surface area (Å²) in [7, 11) is 0. The second kappa shape index (κ2) is 12.9. The number of ether oxygens (including phenoxy) is 2. The van der Waals surface area contributed by atoms with Crippen molar-refractivity contribution in [3.05, 3.63) is 63.1 Å². The first-order valence-electron chi connectivity index (χ1n) is 12.1. The SMILES string of the molecule is CCOc1cc(/C=C2/SC(=S)N(CCCCCC(=O)O)C2=O)ccc1OCc1cc(C)c(C)cc1C. The Labute approximate surface area is 222 Å². The van der Waals surface area contributed by atoms with E-state index in [1.54, 1.807) is 4.90 Å². The van der Waals surface area contributed by atoms with E-state index in [0.717, 1.165) is 17.5 Å². The lowest BCUT2D eigenvalue weighted by atomic mass is 10.0. The Hall–Kier alpha value is -2.84. The number of hydrogen-bond acceptors (Lipinski definition) is 6. The Kier molecular flexibility index (Phi) is 9.96. The topological polar surface area (TPSA) is 76.1 Å². The Bertz CT molecular complexity index is 1170. The highest BCUT2D eigenvalue weighted by Gasteiger charge is 2.31. The van der Waals surface area contributed by atoms with Gasteiger partial charge in [0.2, 0.25) is 0 Å². The number of unbranched alkanes of at least 4 members (excludes halogenated alkanes) is 2. The summed E-state index contributed by atoms with van der Waals surface area (Å²) in [4.78, 5) is 25.7. The number of carbonyl (C=O) groups excluding carboxylic acids is 1. The normalized spacial score (nSPS) is 14.6. The van der Waals surface area contributed by atoms with Crippen molar-refractivity contribution in [3.8, 4) is 11.5 Å². The van der Waals surface area contributed by atoms with Gasteiger partial charge in [0.15, 0.2) is 11.5 Å². The smallest absolute Gasteiger partial charge is 0.303 e. The number of carbonyl (C=O) groups is 2. The zero-order valence-corrected chi connectivity index (χ0v) is 22.9. The first-order valence-corrected chi connectivity index (χ1v) is 13.4. The molecule has 0 bridgehead atoms. The molecule has 1 heterocycles. The van der Waals surface area contributed by atoms with Crippen LogP contribution in [-0.4, -0.2) is 39.4 Å². The summed E-state index contributed by atoms with van der Waals surface area (Å²) in [6.45, 7) is 9.64. The van der Waals surface area contributed by atoms with E-state index < -0.39 is 5.97 Å². The van der Waals surface area contributed by atoms with E-state index in [4.69, 9.17) is 26.8 Å². The van der Waals surface area contributed by atoms with Crippen molar-refractivity contribution < 1.29 is 24.2 Å². The number of amides is 1. The Morgan fingerprint density at radius 3 is 2.50 bits per heavy atom. The predicted octanol–water partition coefficient (Wildman–Crippen LogP) is 6.44. The molecule has 0 radical (unpaired) electrons. The number of nitrogens with zero attached hydrogens (tertiary/aromatic N) is 1. The number of rotatable bonds is 12. The van der Waals surface area contributed by atoms with Crippen LogP contribution < -0.4 is 9.47 Å². The van der Waals surface area contributed by atoms with Gasteiger partial charge in [-0.25, -0.2) is 0 Å². The molecule has 1 aliphatic heterocycles. The summed E-state index contributed by atoms with van der Waals surface area (Å²) in [5, 5.41) is 8.75. The molecular formula is C28H33NO5S2. The number of hydrogen-bond donors (Lipinski definition) is 1. The molecule has 0 saturated carbocycles. The van der Waals surface area contributed by atoms with Gasteiger partial charge in [0.05, 0.1) is 11.5 Å². The van der Waals surface area contributed by atoms with Crippen LogP contribution in [-0.2, 0) is 16.2 Å². The first-order chi connectivity index (χ1) is 17.2. The van der Waals surface area contributed by atoms with Crippen molar-refractivity contribution in [2.24, 2.45) is 0 Å². The van der Waals surface area contributed by atoms with Gasteiger partial charge >= 0.3 is 5.97 Å². The number of thioether (sulfide) groups is 1. The van der Waals surface area contributed by atoms with Gasteiger partial charge in [-0.3, -0.25) is 14.5 Å². The molecule has 0 aliphatic carbocycles. The van der Waals surface area contributed by atoms with Crippen LogP contribution >= 0.6 is 24.0 Å². The highest BCUT2D eigenvalue weighted by molar-refractivity contribution is 8.26. The quantitative estimate of drug-likeness (QED) is 0.193. The van der Waals surface area contributed by atoms with Crippen molar-refractivity contribution in [3.63, 3.8) is 0 Å². The van der Waals surface area contributed by atoms with Crippen LogP contribution in [0.3, 0.4) is 0 Å². The fraction of sp³-hybridized carbons (Fsp3) is 0.393. The molecule has 1 saturated heterocycles. The van der Waals surface area contributed by atoms with E-state index in [1.165, 1.54) is 28.5 Å². The molecule has 0 atom stereocenters. The number of benzene rings is 2. The monoisotopic (exact) mass is 527 g/mol. The summed E-state index contributed by atoms with van der Waals surface area (Å²) in [5.41, 5.74) is 5.65. The van der Waals surface area contributed by atoms with Gasteiger partial charge < -0.3 is 14.6 Å². The van der Waals surface area contributed by atoms with Gasteiger partial charge in [0, 0.05) is 13.0 Å². The lowest BCUT2D eigenvalue weighted by Gasteiger charge is -2.15. The van der Waals surface area contributed by atoms with E-state index in [9.17, 15) is 9.59 Å². The molecule has 3 rings (SSSR count). The van der Waals surface area contributed by atoms with Gasteiger partial charge in [0.1, 0.15) is 10.9 Å². The third-order valence-corrected chi connectivity index (χ3v) is 7.42. The summed E-state index contributed by atoms with van der Waals surface area (Å²) in [6.07, 6.45) is 4.02. The van der Waals surface area contributed by atoms with Gasteiger partial charge in [-0.05, 0) is 86.6 Å². The van der Waals surface area contributed by atoms with Crippen molar-refractivity contribution in [1.29, 1.82) is 0 Å². The Morgan fingerprint density at radius 2 is 1.78 bits per heavy atom. The standard InChI is InChI=1S/C28H33NO5S2/c1-5-33-24-15-21(10-11-23(24)34-17-22-14-19(3)18(2)13-20(22)4)16-25-27(32)29(28(35)36-25)12-8-6-7-9-26(30)31/h10-11,13-16H,5-9,12,17H2,1-4H3,(H,30,31)/b25-16+. The molecule has 0 spiro atoms. The number of carboxylic acid groups (broad SMARTS) is 1. The van der Waals surface area contributed by atoms with Gasteiger partial charge in [-0.15, -0.1) is 0 Å². The predicted molar refractivity (Wildman–Crippen MR) is 149 cm³/mol. The Morgan fingerprint density at radius 1 is 1.03 bits per heavy atom. The molecule has 0 aromatic heterocycles. The minimum Gasteiger partial charge on any atom is -0.490 e. The molecular weight excluding hydrogens is 494 g/mol. The maximum absolute atomic E-state index is 12.9. The van der Waals surface area contributed by atoms with E-state index in [2.05, 4.69) is 32.9 Å². The summed E-state index contributed by atoms with van der Waals surface area (Å²) in [6, 6.07) is 9.99. The second-order valence-electron chi connectivity index (χ2n) is 8.83. The van der Waals surface area contributed by atoms with Crippen molar-refractivity contribution in [2.45, 2.75) is 60.0 Å². The third kappa shape index (κ3) is 7.34. The van der Waals surface area contributed by atoms with Crippen LogP contribution in [0.1, 0.15) is 60.4 Å². The highest BCUT2D eigenvalue weighted by Crippen LogP contribution is 2.35. The molecule has 6 nitrogen and oxygen atoms in total. The molecule has 8 heteroatoms. The van der Waals surface area contributed by atoms with Gasteiger partial charge in [0.25, 0.3) is 5.91 Å². The molecule has 0 unspecified atom stereocenters. The van der Waals surface area contributed by atoms with Crippen molar-refractivity contribution >= 4 is 46.3 Å². The third-order valence-electron chi connectivity index (χ3n) is 6.05. The molecule has 36 heavy (non-hydrogen) atoms. The average molecular weight is 528 g/mol. The van der Waals surface area contributed by atoms with Gasteiger partial charge in [-0.2, -0.15) is 0 Å². The molecule has 2 aromatic rings. The maximum Gasteiger partial charge on any atom is 0.303 e. The van der Waals surface area contributed by atoms with Crippen molar-refractivity contribution in [2.75, 3.05) is 13.2 Å². The van der Waals surface area contributed by atoms with Crippen LogP contribution in [0.25, 0.3) is 6.08 Å². The molecule has 192 valence electrons. The maximum atomic E-state index is 12.9. The van der Waals surface area contributed by atoms with E-state index in [0.29, 0.717) is 53.3 Å². The molecule has 2 aromatic carbocycles. The van der Waals surface area contributed by atoms with E-state index in [-0.39, 0.29) is 12.3 Å². The molecule has 1 aliphatic rings. The number of thiocarbonyl (C=S) groups is 1. The lowest BCUT2D eigenvalue weighted by Crippen LogP contribution is -2.29. The molecule has 1 N–H and O–H groups in total. The fourth-order valence-electron chi connectivity index (χ4n) is 3.90. The zero-order chi connectivity index (χ0) is 26.2. The van der Waals surface area contributed by atoms with Crippen LogP contribution in [0.5, 0.6) is 11.5 Å². The highest BCUT2D eigenvalue weighted by atomic mass is 32.2. The minimum atomic E-state index is -0.799. The van der Waals surface area contributed by atoms with E-state index in [1.807, 2.05) is 31.2 Å². The van der Waals surface area contributed by atoms with E-state index >= 15 is 0 Å². The molecule has 1 amide bonds. The zero-order valence-electron chi connectivity index (χ0n) is 21.3. The number of aryl methyl sites for hydroxylation is 3. The van der Waals surface area contributed by atoms with Crippen molar-refractivity contribution in [1.82, 2.24) is 4.90 Å². The summed E-state index contributed by atoms with van der Waals surface area (Å²) >= 11 is 6.70. The van der Waals surface area contributed by atoms with Gasteiger partial charge in [-0.1, -0.05) is 48.6 Å². The molecule has 1 fully saturated rings. The summed E-state index contributed by atoms with van der Waals surface area (Å²) in [5.74, 6) is 0.362. The minimum absolute atomic E-state index is 0.119. The van der Waals surface area contributed by atoms with Crippen LogP contribution in [0.4, 0.5) is 0 Å². The number of aliphatic carboxylic acids is 1. The average Bonchev–Trinajstić information content (AvgIpc) is 3.08. The number of carboxylic acids is 1. The van der Waals surface area contributed by atoms with Crippen LogP contribution in [0.15, 0.2) is 35.2 Å². The fourth-order valence-corrected chi connectivity index (χ4v) is 5.21. The summed E-state index contributed by atoms with van der Waals surface area (Å²) < 4.78 is 12.5. The van der Waals surface area contributed by atoms with Crippen LogP contribution in [0, 0.1) is 20.8 Å². The second-order valence-corrected chi connectivity index (χ2v) is 10.5.